The third-order valence-corrected chi connectivity index (χ3v) is 4.57. The van der Waals surface area contributed by atoms with Crippen LogP contribution in [0.3, 0.4) is 0 Å². The summed E-state index contributed by atoms with van der Waals surface area (Å²) in [6.07, 6.45) is 5.31. The molecule has 0 fully saturated rings. The maximum Gasteiger partial charge on any atom is 0.192 e. The van der Waals surface area contributed by atoms with Gasteiger partial charge in [-0.05, 0) is 42.1 Å². The van der Waals surface area contributed by atoms with Crippen molar-refractivity contribution >= 4 is 23.5 Å². The Morgan fingerprint density at radius 3 is 1.95 bits per heavy atom. The minimum Gasteiger partial charge on any atom is -0.250 e. The summed E-state index contributed by atoms with van der Waals surface area (Å²) >= 11 is 3.21. The lowest BCUT2D eigenvalue weighted by Crippen LogP contribution is -1.85. The molecule has 0 atom stereocenters. The predicted molar refractivity (Wildman–Crippen MR) is 81.0 cm³/mol. The molecule has 0 bridgehead atoms. The minimum atomic E-state index is 0.751. The van der Waals surface area contributed by atoms with E-state index in [1.807, 2.05) is 36.4 Å². The highest BCUT2D eigenvalue weighted by molar-refractivity contribution is 8.02. The molecular formula is C15H11N3S2. The second kappa shape index (κ2) is 6.54. The summed E-state index contributed by atoms with van der Waals surface area (Å²) in [4.78, 5) is 15.1. The van der Waals surface area contributed by atoms with Crippen molar-refractivity contribution in [3.05, 3.63) is 67.1 Å². The molecule has 98 valence electrons. The summed E-state index contributed by atoms with van der Waals surface area (Å²) in [5.41, 5.74) is 0. The van der Waals surface area contributed by atoms with E-state index in [1.165, 1.54) is 0 Å². The number of rotatable bonds is 4. The molecule has 0 radical (unpaired) electrons. The fourth-order valence-corrected chi connectivity index (χ4v) is 3.37. The maximum atomic E-state index is 4.34. The molecule has 0 N–H and O–H groups in total. The summed E-state index contributed by atoms with van der Waals surface area (Å²) in [5, 5.41) is 1.73. The molecule has 0 spiro atoms. The average Bonchev–Trinajstić information content (AvgIpc) is 2.51. The highest BCUT2D eigenvalue weighted by Crippen LogP contribution is 2.36. The van der Waals surface area contributed by atoms with E-state index < -0.39 is 0 Å². The Hall–Kier alpha value is -1.85. The van der Waals surface area contributed by atoms with Crippen LogP contribution in [0.1, 0.15) is 0 Å². The van der Waals surface area contributed by atoms with Crippen LogP contribution in [-0.2, 0) is 0 Å². The van der Waals surface area contributed by atoms with Gasteiger partial charge in [-0.1, -0.05) is 30.0 Å². The molecule has 2 heterocycles. The molecule has 3 nitrogen and oxygen atoms in total. The van der Waals surface area contributed by atoms with Gasteiger partial charge >= 0.3 is 0 Å². The van der Waals surface area contributed by atoms with Gasteiger partial charge in [0.1, 0.15) is 5.03 Å². The Balaban J connectivity index is 1.85. The van der Waals surface area contributed by atoms with Gasteiger partial charge in [-0.15, -0.1) is 0 Å². The molecule has 3 rings (SSSR count). The van der Waals surface area contributed by atoms with Gasteiger partial charge in [0.25, 0.3) is 0 Å². The van der Waals surface area contributed by atoms with Gasteiger partial charge in [-0.2, -0.15) is 0 Å². The fraction of sp³-hybridized carbons (Fsp3) is 0. The van der Waals surface area contributed by atoms with E-state index in [-0.39, 0.29) is 0 Å². The summed E-state index contributed by atoms with van der Waals surface area (Å²) in [7, 11) is 0. The maximum absolute atomic E-state index is 4.34. The van der Waals surface area contributed by atoms with E-state index in [0.717, 1.165) is 20.0 Å². The molecule has 1 aromatic carbocycles. The summed E-state index contributed by atoms with van der Waals surface area (Å²) in [6.45, 7) is 0. The van der Waals surface area contributed by atoms with Crippen LogP contribution in [0, 0.1) is 0 Å². The Bertz CT molecular complexity index is 614. The van der Waals surface area contributed by atoms with Crippen molar-refractivity contribution in [2.24, 2.45) is 0 Å². The summed E-state index contributed by atoms with van der Waals surface area (Å²) in [6, 6.07) is 15.9. The number of hydrogen-bond acceptors (Lipinski definition) is 5. The Kier molecular flexibility index (Phi) is 4.30. The highest BCUT2D eigenvalue weighted by Gasteiger charge is 2.07. The van der Waals surface area contributed by atoms with Crippen molar-refractivity contribution in [1.82, 2.24) is 15.0 Å². The van der Waals surface area contributed by atoms with E-state index in [1.54, 1.807) is 42.1 Å². The van der Waals surface area contributed by atoms with Gasteiger partial charge < -0.3 is 0 Å². The largest absolute Gasteiger partial charge is 0.250 e. The predicted octanol–water partition coefficient (Wildman–Crippen LogP) is 4.17. The Morgan fingerprint density at radius 1 is 0.600 bits per heavy atom. The topological polar surface area (TPSA) is 38.7 Å². The van der Waals surface area contributed by atoms with Crippen LogP contribution in [0.15, 0.2) is 87.1 Å². The molecule has 0 saturated heterocycles. The second-order valence-corrected chi connectivity index (χ2v) is 5.92. The minimum absolute atomic E-state index is 0.751. The van der Waals surface area contributed by atoms with E-state index in [0.29, 0.717) is 0 Å². The normalized spacial score (nSPS) is 10.4. The molecule has 2 aromatic heterocycles. The fourth-order valence-electron chi connectivity index (χ4n) is 1.58. The van der Waals surface area contributed by atoms with Crippen molar-refractivity contribution in [2.75, 3.05) is 0 Å². The SMILES string of the molecule is c1ccc(Sc2ccccc2Sc2ncccn2)nc1. The zero-order chi connectivity index (χ0) is 13.6. The molecule has 0 unspecified atom stereocenters. The molecule has 0 aliphatic carbocycles. The first-order valence-corrected chi connectivity index (χ1v) is 7.68. The van der Waals surface area contributed by atoms with Gasteiger partial charge in [-0.3, -0.25) is 0 Å². The summed E-state index contributed by atoms with van der Waals surface area (Å²) in [5.74, 6) is 0. The van der Waals surface area contributed by atoms with Crippen LogP contribution < -0.4 is 0 Å². The van der Waals surface area contributed by atoms with Gasteiger partial charge in [0, 0.05) is 28.4 Å². The quantitative estimate of drug-likeness (QED) is 0.676. The van der Waals surface area contributed by atoms with Crippen molar-refractivity contribution in [1.29, 1.82) is 0 Å². The molecule has 5 heteroatoms. The lowest BCUT2D eigenvalue weighted by Gasteiger charge is -2.07. The van der Waals surface area contributed by atoms with Crippen molar-refractivity contribution in [3.8, 4) is 0 Å². The van der Waals surface area contributed by atoms with Crippen LogP contribution in [0.4, 0.5) is 0 Å². The third kappa shape index (κ3) is 3.37. The first-order chi connectivity index (χ1) is 9.92. The van der Waals surface area contributed by atoms with E-state index >= 15 is 0 Å². The van der Waals surface area contributed by atoms with Gasteiger partial charge in [0.2, 0.25) is 0 Å². The molecule has 0 aliphatic heterocycles. The van der Waals surface area contributed by atoms with Gasteiger partial charge in [0.05, 0.1) is 0 Å². The van der Waals surface area contributed by atoms with Gasteiger partial charge in [-0.25, -0.2) is 15.0 Å². The van der Waals surface area contributed by atoms with Crippen molar-refractivity contribution in [3.63, 3.8) is 0 Å². The Labute approximate surface area is 125 Å². The second-order valence-electron chi connectivity index (χ2n) is 3.85. The molecule has 0 amide bonds. The third-order valence-electron chi connectivity index (χ3n) is 2.44. The van der Waals surface area contributed by atoms with Crippen LogP contribution in [0.2, 0.25) is 0 Å². The monoisotopic (exact) mass is 297 g/mol. The smallest absolute Gasteiger partial charge is 0.192 e. The van der Waals surface area contributed by atoms with Gasteiger partial charge in [0.15, 0.2) is 5.16 Å². The van der Waals surface area contributed by atoms with Crippen LogP contribution in [0.25, 0.3) is 0 Å². The van der Waals surface area contributed by atoms with E-state index in [2.05, 4.69) is 27.1 Å². The molecule has 3 aromatic rings. The zero-order valence-electron chi connectivity index (χ0n) is 10.5. The van der Waals surface area contributed by atoms with Crippen molar-refractivity contribution in [2.45, 2.75) is 20.0 Å². The first-order valence-electron chi connectivity index (χ1n) is 6.04. The highest BCUT2D eigenvalue weighted by atomic mass is 32.2. The van der Waals surface area contributed by atoms with Crippen LogP contribution >= 0.6 is 23.5 Å². The average molecular weight is 297 g/mol. The lowest BCUT2D eigenvalue weighted by molar-refractivity contribution is 0.964. The summed E-state index contributed by atoms with van der Waals surface area (Å²) < 4.78 is 0. The number of benzene rings is 1. The lowest BCUT2D eigenvalue weighted by atomic mass is 10.4. The first kappa shape index (κ1) is 13.1. The number of nitrogens with zero attached hydrogens (tertiary/aromatic N) is 3. The van der Waals surface area contributed by atoms with Crippen LogP contribution in [0.5, 0.6) is 0 Å². The number of pyridine rings is 1. The standard InChI is InChI=1S/C15H11N3S2/c1-2-7-13(20-15-17-10-5-11-18-15)12(6-1)19-14-8-3-4-9-16-14/h1-11H. The van der Waals surface area contributed by atoms with Crippen molar-refractivity contribution < 1.29 is 0 Å². The van der Waals surface area contributed by atoms with E-state index in [9.17, 15) is 0 Å². The molecular weight excluding hydrogens is 286 g/mol. The Morgan fingerprint density at radius 2 is 1.25 bits per heavy atom. The zero-order valence-corrected chi connectivity index (χ0v) is 12.1. The van der Waals surface area contributed by atoms with E-state index in [4.69, 9.17) is 0 Å². The van der Waals surface area contributed by atoms with Crippen LogP contribution in [-0.4, -0.2) is 15.0 Å². The number of hydrogen-bond donors (Lipinski definition) is 0. The molecule has 0 saturated carbocycles. The molecule has 0 aliphatic rings. The number of aromatic nitrogens is 3. The molecule has 20 heavy (non-hydrogen) atoms.